The van der Waals surface area contributed by atoms with Crippen LogP contribution in [0.4, 0.5) is 0 Å². The number of piperazine rings is 1. The Morgan fingerprint density at radius 1 is 0.955 bits per heavy atom. The van der Waals surface area contributed by atoms with Crippen LogP contribution in [0.1, 0.15) is 24.0 Å². The first-order valence-electron chi connectivity index (χ1n) is 8.95. The van der Waals surface area contributed by atoms with Gasteiger partial charge in [0, 0.05) is 39.3 Å². The Morgan fingerprint density at radius 3 is 2.41 bits per heavy atom. The molecule has 4 rings (SSSR count). The molecule has 3 aliphatic rings. The molecular formula is C20H28N2. The normalized spacial score (nSPS) is 32.0. The van der Waals surface area contributed by atoms with E-state index in [4.69, 9.17) is 0 Å². The van der Waals surface area contributed by atoms with E-state index in [9.17, 15) is 0 Å². The molecule has 0 aromatic heterocycles. The van der Waals surface area contributed by atoms with Crippen LogP contribution in [0.2, 0.25) is 0 Å². The van der Waals surface area contributed by atoms with Crippen LogP contribution in [0.25, 0.3) is 0 Å². The molecular weight excluding hydrogens is 268 g/mol. The van der Waals surface area contributed by atoms with Gasteiger partial charge < -0.3 is 4.90 Å². The summed E-state index contributed by atoms with van der Waals surface area (Å²) in [5, 5.41) is 0. The fourth-order valence-electron chi connectivity index (χ4n) is 4.59. The molecule has 2 nitrogen and oxygen atoms in total. The average Bonchev–Trinajstić information content (AvgIpc) is 3.14. The SMILES string of the molecule is Cc1ccccc1CN1CCN(C[C@H]2C[C@@H]3C=C[C@H]2C3)CC1. The van der Waals surface area contributed by atoms with Crippen molar-refractivity contribution in [2.75, 3.05) is 32.7 Å². The van der Waals surface area contributed by atoms with Crippen LogP contribution in [-0.4, -0.2) is 42.5 Å². The Balaban J connectivity index is 1.26. The molecule has 1 aromatic carbocycles. The summed E-state index contributed by atoms with van der Waals surface area (Å²) in [5.74, 6) is 2.75. The number of benzene rings is 1. The van der Waals surface area contributed by atoms with E-state index in [1.54, 1.807) is 0 Å². The largest absolute Gasteiger partial charge is 0.300 e. The van der Waals surface area contributed by atoms with E-state index in [0.717, 1.165) is 24.3 Å². The minimum atomic E-state index is 0.898. The molecule has 2 heteroatoms. The fraction of sp³-hybridized carbons (Fsp3) is 0.600. The van der Waals surface area contributed by atoms with Crippen LogP contribution in [0, 0.1) is 24.7 Å². The summed E-state index contributed by atoms with van der Waals surface area (Å²) in [5.41, 5.74) is 2.92. The molecule has 0 N–H and O–H groups in total. The lowest BCUT2D eigenvalue weighted by molar-refractivity contribution is 0.108. The van der Waals surface area contributed by atoms with Gasteiger partial charge >= 0.3 is 0 Å². The molecule has 0 amide bonds. The Morgan fingerprint density at radius 2 is 1.73 bits per heavy atom. The molecule has 1 saturated carbocycles. The third-order valence-corrected chi connectivity index (χ3v) is 6.03. The van der Waals surface area contributed by atoms with Crippen LogP contribution in [0.5, 0.6) is 0 Å². The van der Waals surface area contributed by atoms with Gasteiger partial charge in [0.1, 0.15) is 0 Å². The Bertz CT molecular complexity index is 542. The van der Waals surface area contributed by atoms with E-state index in [1.807, 2.05) is 0 Å². The molecule has 3 atom stereocenters. The summed E-state index contributed by atoms with van der Waals surface area (Å²) in [6.07, 6.45) is 7.84. The van der Waals surface area contributed by atoms with Crippen molar-refractivity contribution in [3.8, 4) is 0 Å². The van der Waals surface area contributed by atoms with Gasteiger partial charge in [0.15, 0.2) is 0 Å². The molecule has 1 saturated heterocycles. The summed E-state index contributed by atoms with van der Waals surface area (Å²) >= 11 is 0. The molecule has 1 aliphatic heterocycles. The van der Waals surface area contributed by atoms with Crippen molar-refractivity contribution in [3.63, 3.8) is 0 Å². The summed E-state index contributed by atoms with van der Waals surface area (Å²) in [6, 6.07) is 8.82. The molecule has 2 bridgehead atoms. The van der Waals surface area contributed by atoms with Crippen molar-refractivity contribution < 1.29 is 0 Å². The third-order valence-electron chi connectivity index (χ3n) is 6.03. The van der Waals surface area contributed by atoms with Gasteiger partial charge in [-0.2, -0.15) is 0 Å². The molecule has 22 heavy (non-hydrogen) atoms. The number of allylic oxidation sites excluding steroid dienone is 2. The number of rotatable bonds is 4. The number of aryl methyl sites for hydroxylation is 1. The minimum Gasteiger partial charge on any atom is -0.300 e. The Hall–Kier alpha value is -1.12. The van der Waals surface area contributed by atoms with E-state index in [0.29, 0.717) is 0 Å². The predicted octanol–water partition coefficient (Wildman–Crippen LogP) is 3.32. The first-order valence-corrected chi connectivity index (χ1v) is 8.95. The first kappa shape index (κ1) is 14.5. The summed E-state index contributed by atoms with van der Waals surface area (Å²) < 4.78 is 0. The maximum Gasteiger partial charge on any atom is 0.0237 e. The van der Waals surface area contributed by atoms with Gasteiger partial charge in [0.2, 0.25) is 0 Å². The topological polar surface area (TPSA) is 6.48 Å². The first-order chi connectivity index (χ1) is 10.8. The predicted molar refractivity (Wildman–Crippen MR) is 91.7 cm³/mol. The van der Waals surface area contributed by atoms with Crippen molar-refractivity contribution in [1.82, 2.24) is 9.80 Å². The number of nitrogens with zero attached hydrogens (tertiary/aromatic N) is 2. The molecule has 0 unspecified atom stereocenters. The van der Waals surface area contributed by atoms with E-state index in [2.05, 4.69) is 53.1 Å². The molecule has 0 radical (unpaired) electrons. The average molecular weight is 296 g/mol. The summed E-state index contributed by atoms with van der Waals surface area (Å²) in [6.45, 7) is 9.65. The zero-order chi connectivity index (χ0) is 14.9. The lowest BCUT2D eigenvalue weighted by atomic mass is 9.93. The Kier molecular flexibility index (Phi) is 4.06. The number of hydrogen-bond donors (Lipinski definition) is 0. The highest BCUT2D eigenvalue weighted by Crippen LogP contribution is 2.43. The lowest BCUT2D eigenvalue weighted by Crippen LogP contribution is -2.47. The number of hydrogen-bond acceptors (Lipinski definition) is 2. The van der Waals surface area contributed by atoms with Crippen LogP contribution >= 0.6 is 0 Å². The second kappa shape index (κ2) is 6.17. The van der Waals surface area contributed by atoms with E-state index in [1.165, 1.54) is 56.7 Å². The van der Waals surface area contributed by atoms with Crippen LogP contribution in [0.3, 0.4) is 0 Å². The van der Waals surface area contributed by atoms with Crippen molar-refractivity contribution >= 4 is 0 Å². The molecule has 1 heterocycles. The van der Waals surface area contributed by atoms with Gasteiger partial charge in [-0.3, -0.25) is 4.90 Å². The smallest absolute Gasteiger partial charge is 0.0237 e. The van der Waals surface area contributed by atoms with Gasteiger partial charge in [-0.05, 0) is 48.6 Å². The van der Waals surface area contributed by atoms with Crippen molar-refractivity contribution in [3.05, 3.63) is 47.5 Å². The minimum absolute atomic E-state index is 0.898. The monoisotopic (exact) mass is 296 g/mol. The molecule has 2 aliphatic carbocycles. The second-order valence-electron chi connectivity index (χ2n) is 7.54. The summed E-state index contributed by atoms with van der Waals surface area (Å²) in [7, 11) is 0. The second-order valence-corrected chi connectivity index (χ2v) is 7.54. The standard InChI is InChI=1S/C20H28N2/c1-16-4-2-3-5-19(16)14-21-8-10-22(11-9-21)15-20-13-17-6-7-18(20)12-17/h2-7,17-18,20H,8-15H2,1H3/t17-,18+,20-/m1/s1. The van der Waals surface area contributed by atoms with E-state index < -0.39 is 0 Å². The molecule has 1 aromatic rings. The maximum atomic E-state index is 2.72. The molecule has 118 valence electrons. The van der Waals surface area contributed by atoms with Gasteiger partial charge in [-0.1, -0.05) is 36.4 Å². The van der Waals surface area contributed by atoms with E-state index in [-0.39, 0.29) is 0 Å². The quantitative estimate of drug-likeness (QED) is 0.786. The Labute approximate surface area is 134 Å². The van der Waals surface area contributed by atoms with Gasteiger partial charge in [0.05, 0.1) is 0 Å². The molecule has 0 spiro atoms. The number of fused-ring (bicyclic) bond motifs is 2. The zero-order valence-corrected chi connectivity index (χ0v) is 13.7. The highest BCUT2D eigenvalue weighted by Gasteiger charge is 2.36. The maximum absolute atomic E-state index is 2.72. The fourth-order valence-corrected chi connectivity index (χ4v) is 4.59. The van der Waals surface area contributed by atoms with Crippen LogP contribution in [-0.2, 0) is 6.54 Å². The summed E-state index contributed by atoms with van der Waals surface area (Å²) in [4.78, 5) is 5.34. The van der Waals surface area contributed by atoms with Gasteiger partial charge in [-0.15, -0.1) is 0 Å². The van der Waals surface area contributed by atoms with Crippen LogP contribution < -0.4 is 0 Å². The lowest BCUT2D eigenvalue weighted by Gasteiger charge is -2.37. The third kappa shape index (κ3) is 3.00. The highest BCUT2D eigenvalue weighted by atomic mass is 15.3. The highest BCUT2D eigenvalue weighted by molar-refractivity contribution is 5.25. The van der Waals surface area contributed by atoms with Crippen molar-refractivity contribution in [1.29, 1.82) is 0 Å². The molecule has 2 fully saturated rings. The zero-order valence-electron chi connectivity index (χ0n) is 13.7. The van der Waals surface area contributed by atoms with Gasteiger partial charge in [0.25, 0.3) is 0 Å². The van der Waals surface area contributed by atoms with Crippen LogP contribution in [0.15, 0.2) is 36.4 Å². The van der Waals surface area contributed by atoms with Crippen molar-refractivity contribution in [2.45, 2.75) is 26.3 Å². The van der Waals surface area contributed by atoms with E-state index >= 15 is 0 Å². The van der Waals surface area contributed by atoms with Crippen molar-refractivity contribution in [2.24, 2.45) is 17.8 Å². The van der Waals surface area contributed by atoms with Gasteiger partial charge in [-0.25, -0.2) is 0 Å².